The fourth-order valence-electron chi connectivity index (χ4n) is 2.83. The summed E-state index contributed by atoms with van der Waals surface area (Å²) in [7, 11) is 0. The van der Waals surface area contributed by atoms with E-state index in [0.717, 1.165) is 29.5 Å². The molecule has 1 nitrogen and oxygen atoms in total. The van der Waals surface area contributed by atoms with Crippen LogP contribution in [0.4, 0.5) is 0 Å². The highest BCUT2D eigenvalue weighted by Gasteiger charge is 2.20. The maximum absolute atomic E-state index is 12.5. The molecule has 0 amide bonds. The smallest absolute Gasteiger partial charge is 0.189 e. The van der Waals surface area contributed by atoms with Gasteiger partial charge >= 0.3 is 0 Å². The zero-order valence-corrected chi connectivity index (χ0v) is 12.6. The lowest BCUT2D eigenvalue weighted by Crippen LogP contribution is -2.13. The van der Waals surface area contributed by atoms with E-state index in [-0.39, 0.29) is 5.78 Å². The Morgan fingerprint density at radius 1 is 0.952 bits per heavy atom. The largest absolute Gasteiger partial charge is 0.289 e. The lowest BCUT2D eigenvalue weighted by molar-refractivity contribution is 0.102. The van der Waals surface area contributed by atoms with Crippen LogP contribution in [0.3, 0.4) is 0 Å². The molecule has 1 aliphatic rings. The van der Waals surface area contributed by atoms with E-state index in [1.165, 1.54) is 11.1 Å². The van der Waals surface area contributed by atoms with Crippen molar-refractivity contribution in [1.29, 1.82) is 0 Å². The molecule has 0 N–H and O–H groups in total. The van der Waals surface area contributed by atoms with Gasteiger partial charge in [0.15, 0.2) is 5.78 Å². The van der Waals surface area contributed by atoms with Gasteiger partial charge in [-0.25, -0.2) is 0 Å². The van der Waals surface area contributed by atoms with E-state index in [9.17, 15) is 4.79 Å². The van der Waals surface area contributed by atoms with Gasteiger partial charge in [0.25, 0.3) is 0 Å². The van der Waals surface area contributed by atoms with Crippen molar-refractivity contribution >= 4 is 11.9 Å². The van der Waals surface area contributed by atoms with Crippen LogP contribution in [-0.2, 0) is 6.42 Å². The normalized spacial score (nSPS) is 16.3. The third-order valence-electron chi connectivity index (χ3n) is 4.16. The minimum Gasteiger partial charge on any atom is -0.289 e. The van der Waals surface area contributed by atoms with E-state index >= 15 is 0 Å². The van der Waals surface area contributed by atoms with Crippen LogP contribution in [0.5, 0.6) is 0 Å². The molecule has 0 atom stereocenters. The SMILES string of the molecule is CC(C)c1ccc(/C=C2\CCc3ccccc3C2=O)cc1. The predicted octanol–water partition coefficient (Wildman–Crippen LogP) is 5.02. The Kier molecular flexibility index (Phi) is 3.74. The van der Waals surface area contributed by atoms with Gasteiger partial charge in [-0.05, 0) is 41.5 Å². The van der Waals surface area contributed by atoms with Crippen LogP contribution in [0.1, 0.15) is 53.2 Å². The number of allylic oxidation sites excluding steroid dienone is 1. The number of fused-ring (bicyclic) bond motifs is 1. The number of hydrogen-bond acceptors (Lipinski definition) is 1. The summed E-state index contributed by atoms with van der Waals surface area (Å²) in [6.07, 6.45) is 3.84. The number of rotatable bonds is 2. The third-order valence-corrected chi connectivity index (χ3v) is 4.16. The van der Waals surface area contributed by atoms with E-state index in [0.29, 0.717) is 5.92 Å². The summed E-state index contributed by atoms with van der Waals surface area (Å²) in [5.41, 5.74) is 5.41. The molecular weight excluding hydrogens is 256 g/mol. The van der Waals surface area contributed by atoms with Crippen LogP contribution in [0.2, 0.25) is 0 Å². The van der Waals surface area contributed by atoms with E-state index in [2.05, 4.69) is 44.2 Å². The second kappa shape index (κ2) is 5.69. The molecule has 0 heterocycles. The van der Waals surface area contributed by atoms with Crippen molar-refractivity contribution in [3.63, 3.8) is 0 Å². The Bertz CT molecular complexity index is 690. The van der Waals surface area contributed by atoms with Crippen molar-refractivity contribution in [3.05, 3.63) is 76.4 Å². The Morgan fingerprint density at radius 3 is 2.38 bits per heavy atom. The van der Waals surface area contributed by atoms with Crippen molar-refractivity contribution in [1.82, 2.24) is 0 Å². The summed E-state index contributed by atoms with van der Waals surface area (Å²) in [5, 5.41) is 0. The first-order chi connectivity index (χ1) is 10.1. The van der Waals surface area contributed by atoms with Gasteiger partial charge in [-0.3, -0.25) is 4.79 Å². The highest BCUT2D eigenvalue weighted by Crippen LogP contribution is 2.26. The molecule has 0 radical (unpaired) electrons. The monoisotopic (exact) mass is 276 g/mol. The highest BCUT2D eigenvalue weighted by atomic mass is 16.1. The summed E-state index contributed by atoms with van der Waals surface area (Å²) < 4.78 is 0. The molecule has 0 saturated heterocycles. The summed E-state index contributed by atoms with van der Waals surface area (Å²) in [6, 6.07) is 16.5. The molecule has 0 saturated carbocycles. The molecule has 0 fully saturated rings. The van der Waals surface area contributed by atoms with Crippen molar-refractivity contribution in [3.8, 4) is 0 Å². The fourth-order valence-corrected chi connectivity index (χ4v) is 2.83. The molecule has 3 rings (SSSR count). The first-order valence-electron chi connectivity index (χ1n) is 7.58. The average Bonchev–Trinajstić information content (AvgIpc) is 2.51. The Labute approximate surface area is 126 Å². The number of aryl methyl sites for hydroxylation is 1. The average molecular weight is 276 g/mol. The highest BCUT2D eigenvalue weighted by molar-refractivity contribution is 6.13. The van der Waals surface area contributed by atoms with Gasteiger partial charge in [0.1, 0.15) is 0 Å². The number of carbonyl (C=O) groups excluding carboxylic acids is 1. The molecule has 0 aromatic heterocycles. The second-order valence-electron chi connectivity index (χ2n) is 5.98. The van der Waals surface area contributed by atoms with Crippen molar-refractivity contribution in [2.45, 2.75) is 32.6 Å². The molecule has 2 aromatic rings. The lowest BCUT2D eigenvalue weighted by atomic mass is 9.86. The number of hydrogen-bond donors (Lipinski definition) is 0. The maximum Gasteiger partial charge on any atom is 0.189 e. The second-order valence-corrected chi connectivity index (χ2v) is 5.98. The van der Waals surface area contributed by atoms with Crippen LogP contribution >= 0.6 is 0 Å². The standard InChI is InChI=1S/C20H20O/c1-14(2)16-9-7-15(8-10-16)13-18-12-11-17-5-3-4-6-19(17)20(18)21/h3-10,13-14H,11-12H2,1-2H3/b18-13+. The molecule has 0 bridgehead atoms. The summed E-state index contributed by atoms with van der Waals surface area (Å²) >= 11 is 0. The third kappa shape index (κ3) is 2.82. The molecule has 0 aliphatic heterocycles. The maximum atomic E-state index is 12.5. The lowest BCUT2D eigenvalue weighted by Gasteiger charge is -2.17. The number of carbonyl (C=O) groups is 1. The summed E-state index contributed by atoms with van der Waals surface area (Å²) in [6.45, 7) is 4.38. The first-order valence-corrected chi connectivity index (χ1v) is 7.58. The van der Waals surface area contributed by atoms with Gasteiger partial charge in [0, 0.05) is 11.1 Å². The Balaban J connectivity index is 1.89. The minimum absolute atomic E-state index is 0.185. The van der Waals surface area contributed by atoms with Crippen molar-refractivity contribution in [2.75, 3.05) is 0 Å². The topological polar surface area (TPSA) is 17.1 Å². The molecule has 1 heteroatoms. The molecular formula is C20H20O. The van der Waals surface area contributed by atoms with Gasteiger partial charge in [0.05, 0.1) is 0 Å². The molecule has 21 heavy (non-hydrogen) atoms. The molecule has 2 aromatic carbocycles. The van der Waals surface area contributed by atoms with Gasteiger partial charge in [-0.15, -0.1) is 0 Å². The van der Waals surface area contributed by atoms with Crippen molar-refractivity contribution < 1.29 is 4.79 Å². The minimum atomic E-state index is 0.185. The Morgan fingerprint density at radius 2 is 1.67 bits per heavy atom. The predicted molar refractivity (Wildman–Crippen MR) is 87.6 cm³/mol. The summed E-state index contributed by atoms with van der Waals surface area (Å²) in [5.74, 6) is 0.722. The zero-order valence-electron chi connectivity index (χ0n) is 12.6. The van der Waals surface area contributed by atoms with Gasteiger partial charge < -0.3 is 0 Å². The molecule has 106 valence electrons. The van der Waals surface area contributed by atoms with E-state index < -0.39 is 0 Å². The number of Topliss-reactive ketones (excluding diaryl/α,β-unsaturated/α-hetero) is 1. The van der Waals surface area contributed by atoms with Crippen LogP contribution in [-0.4, -0.2) is 5.78 Å². The Hall–Kier alpha value is -2.15. The fraction of sp³-hybridized carbons (Fsp3) is 0.250. The van der Waals surface area contributed by atoms with Crippen LogP contribution < -0.4 is 0 Å². The van der Waals surface area contributed by atoms with Crippen LogP contribution in [0.15, 0.2) is 54.1 Å². The number of ketones is 1. The quantitative estimate of drug-likeness (QED) is 0.704. The van der Waals surface area contributed by atoms with Crippen LogP contribution in [0.25, 0.3) is 6.08 Å². The van der Waals surface area contributed by atoms with Gasteiger partial charge in [0.2, 0.25) is 0 Å². The van der Waals surface area contributed by atoms with Crippen LogP contribution in [0, 0.1) is 0 Å². The zero-order chi connectivity index (χ0) is 14.8. The summed E-state index contributed by atoms with van der Waals surface area (Å²) in [4.78, 5) is 12.5. The molecule has 0 unspecified atom stereocenters. The van der Waals surface area contributed by atoms with E-state index in [1.807, 2.05) is 24.3 Å². The van der Waals surface area contributed by atoms with E-state index in [4.69, 9.17) is 0 Å². The van der Waals surface area contributed by atoms with E-state index in [1.54, 1.807) is 0 Å². The van der Waals surface area contributed by atoms with Gasteiger partial charge in [-0.1, -0.05) is 62.4 Å². The molecule has 1 aliphatic carbocycles. The molecule has 0 spiro atoms. The van der Waals surface area contributed by atoms with Gasteiger partial charge in [-0.2, -0.15) is 0 Å². The number of benzene rings is 2. The van der Waals surface area contributed by atoms with Crippen molar-refractivity contribution in [2.24, 2.45) is 0 Å². The first kappa shape index (κ1) is 13.8.